The molecule has 1 aliphatic heterocycles. The smallest absolute Gasteiger partial charge is 0.289 e. The van der Waals surface area contributed by atoms with E-state index in [0.717, 1.165) is 57.5 Å². The third kappa shape index (κ3) is 3.39. The summed E-state index contributed by atoms with van der Waals surface area (Å²) in [4.78, 5) is 0. The molecular formula is C38H28N3O+. The van der Waals surface area contributed by atoms with E-state index < -0.39 is 0 Å². The lowest BCUT2D eigenvalue weighted by Crippen LogP contribution is -2.58. The van der Waals surface area contributed by atoms with Crippen LogP contribution in [-0.4, -0.2) is 21.1 Å². The van der Waals surface area contributed by atoms with Gasteiger partial charge < -0.3 is 8.98 Å². The number of rotatable bonds is 4. The number of amidine groups is 1. The third-order valence-corrected chi connectivity index (χ3v) is 8.70. The highest BCUT2D eigenvalue weighted by Gasteiger charge is 2.41. The topological polar surface area (TPSA) is 33.1 Å². The minimum atomic E-state index is 0.0900. The van der Waals surface area contributed by atoms with Crippen LogP contribution in [0, 0.1) is 0 Å². The lowest BCUT2D eigenvalue weighted by molar-refractivity contribution is -0.511. The van der Waals surface area contributed by atoms with Crippen LogP contribution in [-0.2, 0) is 0 Å². The second-order valence-electron chi connectivity index (χ2n) is 11.1. The summed E-state index contributed by atoms with van der Waals surface area (Å²) in [6, 6.07) is 41.0. The summed E-state index contributed by atoms with van der Waals surface area (Å²) >= 11 is 0. The first-order chi connectivity index (χ1) is 20.8. The maximum absolute atomic E-state index is 6.58. The Bertz CT molecular complexity index is 2280. The van der Waals surface area contributed by atoms with E-state index >= 15 is 0 Å². The molecule has 0 saturated heterocycles. The zero-order chi connectivity index (χ0) is 27.6. The summed E-state index contributed by atoms with van der Waals surface area (Å²) < 4.78 is 11.4. The van der Waals surface area contributed by atoms with Crippen molar-refractivity contribution < 1.29 is 8.99 Å². The maximum atomic E-state index is 6.58. The summed E-state index contributed by atoms with van der Waals surface area (Å²) in [7, 11) is 0. The van der Waals surface area contributed by atoms with Crippen LogP contribution in [0.1, 0.15) is 18.4 Å². The van der Waals surface area contributed by atoms with Crippen molar-refractivity contribution in [2.45, 2.75) is 19.0 Å². The Morgan fingerprint density at radius 3 is 2.40 bits per heavy atom. The molecule has 0 radical (unpaired) electrons. The number of aromatic nitrogens is 1. The number of furan rings is 1. The first kappa shape index (κ1) is 23.4. The molecule has 4 heteroatoms. The zero-order valence-electron chi connectivity index (χ0n) is 23.0. The molecule has 0 fully saturated rings. The lowest BCUT2D eigenvalue weighted by atomic mass is 10.00. The van der Waals surface area contributed by atoms with Crippen molar-refractivity contribution in [3.05, 3.63) is 145 Å². The van der Waals surface area contributed by atoms with Gasteiger partial charge in [-0.15, -0.1) is 0 Å². The van der Waals surface area contributed by atoms with E-state index in [1.807, 2.05) is 6.07 Å². The van der Waals surface area contributed by atoms with Gasteiger partial charge in [0, 0.05) is 33.2 Å². The van der Waals surface area contributed by atoms with E-state index in [-0.39, 0.29) is 6.17 Å². The molecule has 1 N–H and O–H groups in total. The summed E-state index contributed by atoms with van der Waals surface area (Å²) in [6.07, 6.45) is 9.18. The van der Waals surface area contributed by atoms with E-state index in [1.54, 1.807) is 0 Å². The van der Waals surface area contributed by atoms with Gasteiger partial charge in [-0.3, -0.25) is 0 Å². The Kier molecular flexibility index (Phi) is 5.05. The Morgan fingerprint density at radius 2 is 1.52 bits per heavy atom. The first-order valence-corrected chi connectivity index (χ1v) is 14.6. The van der Waals surface area contributed by atoms with Gasteiger partial charge >= 0.3 is 0 Å². The average molecular weight is 543 g/mol. The monoisotopic (exact) mass is 542 g/mol. The normalized spacial score (nSPS) is 16.8. The Labute approximate surface area is 243 Å². The molecule has 3 heterocycles. The Balaban J connectivity index is 1.30. The van der Waals surface area contributed by atoms with Crippen molar-refractivity contribution in [3.63, 3.8) is 0 Å². The van der Waals surface area contributed by atoms with Crippen molar-refractivity contribution in [1.29, 1.82) is 0 Å². The minimum absolute atomic E-state index is 0.0900. The van der Waals surface area contributed by atoms with Crippen molar-refractivity contribution in [2.24, 2.45) is 0 Å². The molecule has 0 bridgehead atoms. The molecule has 1 unspecified atom stereocenters. The Morgan fingerprint density at radius 1 is 0.714 bits per heavy atom. The fourth-order valence-corrected chi connectivity index (χ4v) is 6.77. The second-order valence-corrected chi connectivity index (χ2v) is 11.1. The SMILES string of the molecule is C1=CC(C2NC(c3ccccc3)=[N+]2c2cccc(-n3c4ccccc4c4ccc5c6ccccc6oc5c43)c2)=CCC1. The van der Waals surface area contributed by atoms with Crippen molar-refractivity contribution in [3.8, 4) is 5.69 Å². The van der Waals surface area contributed by atoms with Crippen molar-refractivity contribution in [2.75, 3.05) is 0 Å². The molecule has 200 valence electrons. The molecule has 0 amide bonds. The van der Waals surface area contributed by atoms with E-state index in [0.29, 0.717) is 0 Å². The lowest BCUT2D eigenvalue weighted by Gasteiger charge is -2.30. The van der Waals surface area contributed by atoms with Gasteiger partial charge in [0.1, 0.15) is 11.3 Å². The second kappa shape index (κ2) is 9.08. The van der Waals surface area contributed by atoms with E-state index in [9.17, 15) is 0 Å². The third-order valence-electron chi connectivity index (χ3n) is 8.70. The van der Waals surface area contributed by atoms with Crippen LogP contribution in [0.15, 0.2) is 143 Å². The molecule has 4 nitrogen and oxygen atoms in total. The number of hydrogen-bond acceptors (Lipinski definition) is 2. The first-order valence-electron chi connectivity index (χ1n) is 14.6. The number of allylic oxidation sites excluding steroid dienone is 2. The molecule has 0 spiro atoms. The molecule has 42 heavy (non-hydrogen) atoms. The molecule has 1 atom stereocenters. The van der Waals surface area contributed by atoms with Crippen molar-refractivity contribution >= 4 is 55.3 Å². The highest BCUT2D eigenvalue weighted by Crippen LogP contribution is 2.40. The highest BCUT2D eigenvalue weighted by molar-refractivity contribution is 6.21. The predicted molar refractivity (Wildman–Crippen MR) is 172 cm³/mol. The van der Waals surface area contributed by atoms with E-state index in [1.165, 1.54) is 27.4 Å². The number of benzene rings is 5. The van der Waals surface area contributed by atoms with Gasteiger partial charge in [0.05, 0.1) is 22.3 Å². The quantitative estimate of drug-likeness (QED) is 0.225. The van der Waals surface area contributed by atoms with E-state index in [4.69, 9.17) is 4.42 Å². The predicted octanol–water partition coefficient (Wildman–Crippen LogP) is 8.98. The van der Waals surface area contributed by atoms with Gasteiger partial charge in [-0.2, -0.15) is 4.58 Å². The fourth-order valence-electron chi connectivity index (χ4n) is 6.77. The average Bonchev–Trinajstić information content (AvgIpc) is 3.58. The summed E-state index contributed by atoms with van der Waals surface area (Å²) in [6.45, 7) is 0. The van der Waals surface area contributed by atoms with Gasteiger partial charge in [-0.1, -0.05) is 85.0 Å². The van der Waals surface area contributed by atoms with Crippen LogP contribution in [0.4, 0.5) is 5.69 Å². The van der Waals surface area contributed by atoms with Crippen molar-refractivity contribution in [1.82, 2.24) is 9.88 Å². The van der Waals surface area contributed by atoms with Crippen LogP contribution in [0.25, 0.3) is 49.4 Å². The number of hydrogen-bond donors (Lipinski definition) is 1. The highest BCUT2D eigenvalue weighted by atomic mass is 16.3. The molecule has 2 aromatic heterocycles. The van der Waals surface area contributed by atoms with Crippen LogP contribution in [0.3, 0.4) is 0 Å². The van der Waals surface area contributed by atoms with E-state index in [2.05, 4.69) is 142 Å². The van der Waals surface area contributed by atoms with Gasteiger partial charge in [-0.25, -0.2) is 5.32 Å². The van der Waals surface area contributed by atoms with Crippen LogP contribution in [0.2, 0.25) is 0 Å². The molecular weight excluding hydrogens is 514 g/mol. The molecule has 7 aromatic rings. The summed E-state index contributed by atoms with van der Waals surface area (Å²) in [5.41, 5.74) is 8.86. The van der Waals surface area contributed by atoms with Gasteiger partial charge in [0.25, 0.3) is 12.0 Å². The van der Waals surface area contributed by atoms with Crippen LogP contribution in [0.5, 0.6) is 0 Å². The zero-order valence-corrected chi connectivity index (χ0v) is 23.0. The standard InChI is InChI=1S/C38H27N3O/c1-3-12-25(13-4-1)37-39-38(26-14-5-2-6-15-26)41(37)28-17-11-16-27(24-28)40-33-20-9-7-18-29(33)31-22-23-32-30-19-8-10-21-34(30)42-36(32)35(31)40/h1,3-5,7-24,38H,2,6H2/p+1. The number of nitrogens with one attached hydrogen (secondary N) is 1. The maximum Gasteiger partial charge on any atom is 0.289 e. The summed E-state index contributed by atoms with van der Waals surface area (Å²) in [5, 5.41) is 8.47. The Hall–Kier alpha value is -5.35. The molecule has 9 rings (SSSR count). The minimum Gasteiger partial charge on any atom is -0.454 e. The largest absolute Gasteiger partial charge is 0.454 e. The molecule has 0 saturated carbocycles. The number of fused-ring (bicyclic) bond motifs is 7. The number of para-hydroxylation sites is 2. The van der Waals surface area contributed by atoms with Gasteiger partial charge in [0.15, 0.2) is 5.58 Å². The van der Waals surface area contributed by atoms with Gasteiger partial charge in [-0.05, 0) is 55.3 Å². The molecule has 5 aromatic carbocycles. The van der Waals surface area contributed by atoms with Crippen LogP contribution >= 0.6 is 0 Å². The fraction of sp³-hybridized carbons (Fsp3) is 0.0789. The number of nitrogens with zero attached hydrogens (tertiary/aromatic N) is 2. The molecule has 2 aliphatic rings. The molecule has 1 aliphatic carbocycles. The summed E-state index contributed by atoms with van der Waals surface area (Å²) in [5.74, 6) is 1.12. The van der Waals surface area contributed by atoms with Crippen LogP contribution < -0.4 is 5.32 Å². The van der Waals surface area contributed by atoms with Gasteiger partial charge in [0.2, 0.25) is 0 Å².